The smallest absolute Gasteiger partial charge is 0.410 e. The maximum absolute atomic E-state index is 11.8. The molecular formula is C13H21NO4. The number of carbonyl (C=O) groups excluding carboxylic acids is 2. The van der Waals surface area contributed by atoms with Gasteiger partial charge in [-0.2, -0.15) is 0 Å². The number of hydrogen-bond acceptors (Lipinski definition) is 4. The number of piperidine rings is 1. The first-order valence-corrected chi connectivity index (χ1v) is 6.13. The summed E-state index contributed by atoms with van der Waals surface area (Å²) in [5, 5.41) is 8.65. The predicted molar refractivity (Wildman–Crippen MR) is 67.2 cm³/mol. The van der Waals surface area contributed by atoms with Crippen LogP contribution in [0.1, 0.15) is 33.6 Å². The van der Waals surface area contributed by atoms with Crippen LogP contribution in [0.3, 0.4) is 0 Å². The minimum absolute atomic E-state index is 0.282. The van der Waals surface area contributed by atoms with Crippen molar-refractivity contribution in [1.82, 2.24) is 4.90 Å². The van der Waals surface area contributed by atoms with Crippen molar-refractivity contribution in [2.75, 3.05) is 19.7 Å². The van der Waals surface area contributed by atoms with Crippen molar-refractivity contribution in [3.8, 4) is 0 Å². The van der Waals surface area contributed by atoms with Gasteiger partial charge in [0.1, 0.15) is 12.2 Å². The molecule has 0 aliphatic carbocycles. The zero-order valence-electron chi connectivity index (χ0n) is 11.2. The SMILES string of the molecule is CC(C)(C)OC(=O)N1CCC(=CC(=O)CO)CC1. The zero-order chi connectivity index (χ0) is 13.8. The first kappa shape index (κ1) is 14.7. The average Bonchev–Trinajstić information content (AvgIpc) is 2.27. The Bertz CT molecular complexity index is 344. The van der Waals surface area contributed by atoms with Crippen LogP contribution in [0, 0.1) is 0 Å². The molecule has 0 aromatic rings. The highest BCUT2D eigenvalue weighted by molar-refractivity contribution is 5.91. The average molecular weight is 255 g/mol. The van der Waals surface area contributed by atoms with E-state index in [0.29, 0.717) is 25.9 Å². The van der Waals surface area contributed by atoms with E-state index in [1.807, 2.05) is 20.8 Å². The van der Waals surface area contributed by atoms with Gasteiger partial charge >= 0.3 is 6.09 Å². The van der Waals surface area contributed by atoms with Gasteiger partial charge in [-0.1, -0.05) is 5.57 Å². The lowest BCUT2D eigenvalue weighted by atomic mass is 10.0. The molecule has 1 saturated heterocycles. The summed E-state index contributed by atoms with van der Waals surface area (Å²) in [6, 6.07) is 0. The second-order valence-corrected chi connectivity index (χ2v) is 5.39. The van der Waals surface area contributed by atoms with Crippen LogP contribution in [0.2, 0.25) is 0 Å². The normalized spacial score (nSPS) is 16.4. The molecule has 0 radical (unpaired) electrons. The molecule has 0 bridgehead atoms. The Morgan fingerprint density at radius 1 is 1.33 bits per heavy atom. The van der Waals surface area contributed by atoms with Gasteiger partial charge in [0, 0.05) is 13.1 Å². The van der Waals surface area contributed by atoms with Crippen LogP contribution in [0.15, 0.2) is 11.6 Å². The van der Waals surface area contributed by atoms with Gasteiger partial charge in [0.05, 0.1) is 0 Å². The Balaban J connectivity index is 2.47. The van der Waals surface area contributed by atoms with Crippen molar-refractivity contribution < 1.29 is 19.4 Å². The fourth-order valence-corrected chi connectivity index (χ4v) is 1.72. The highest BCUT2D eigenvalue weighted by Gasteiger charge is 2.24. The predicted octanol–water partition coefficient (Wildman–Crippen LogP) is 1.51. The maximum atomic E-state index is 11.8. The minimum Gasteiger partial charge on any atom is -0.444 e. The molecule has 0 atom stereocenters. The third kappa shape index (κ3) is 4.87. The van der Waals surface area contributed by atoms with Gasteiger partial charge in [-0.3, -0.25) is 4.79 Å². The van der Waals surface area contributed by atoms with Crippen molar-refractivity contribution in [2.24, 2.45) is 0 Å². The third-order valence-corrected chi connectivity index (χ3v) is 2.58. The number of ketones is 1. The van der Waals surface area contributed by atoms with Crippen molar-refractivity contribution in [2.45, 2.75) is 39.2 Å². The molecule has 1 aliphatic rings. The van der Waals surface area contributed by atoms with Gasteiger partial charge in [0.2, 0.25) is 0 Å². The summed E-state index contributed by atoms with van der Waals surface area (Å²) in [4.78, 5) is 24.5. The van der Waals surface area contributed by atoms with Gasteiger partial charge < -0.3 is 14.7 Å². The lowest BCUT2D eigenvalue weighted by molar-refractivity contribution is -0.117. The Labute approximate surface area is 107 Å². The summed E-state index contributed by atoms with van der Waals surface area (Å²) in [5.74, 6) is -0.282. The van der Waals surface area contributed by atoms with E-state index >= 15 is 0 Å². The largest absolute Gasteiger partial charge is 0.444 e. The molecule has 1 aliphatic heterocycles. The number of ether oxygens (including phenoxy) is 1. The summed E-state index contributed by atoms with van der Waals surface area (Å²) in [5.41, 5.74) is 0.494. The number of hydrogen-bond donors (Lipinski definition) is 1. The molecule has 102 valence electrons. The van der Waals surface area contributed by atoms with E-state index in [1.165, 1.54) is 6.08 Å². The molecule has 1 rings (SSSR count). The van der Waals surface area contributed by atoms with Crippen LogP contribution in [0.4, 0.5) is 4.79 Å². The third-order valence-electron chi connectivity index (χ3n) is 2.58. The molecule has 5 nitrogen and oxygen atoms in total. The lowest BCUT2D eigenvalue weighted by Crippen LogP contribution is -2.40. The van der Waals surface area contributed by atoms with E-state index in [4.69, 9.17) is 9.84 Å². The second-order valence-electron chi connectivity index (χ2n) is 5.39. The van der Waals surface area contributed by atoms with Gasteiger partial charge in [0.25, 0.3) is 0 Å². The van der Waals surface area contributed by atoms with Crippen molar-refractivity contribution >= 4 is 11.9 Å². The van der Waals surface area contributed by atoms with E-state index in [1.54, 1.807) is 4.90 Å². The van der Waals surface area contributed by atoms with Crippen LogP contribution in [-0.2, 0) is 9.53 Å². The van der Waals surface area contributed by atoms with Gasteiger partial charge in [-0.05, 0) is 39.7 Å². The number of likely N-dealkylation sites (tertiary alicyclic amines) is 1. The molecule has 0 spiro atoms. The Morgan fingerprint density at radius 3 is 2.33 bits per heavy atom. The molecule has 0 aromatic heterocycles. The Kier molecular flexibility index (Phi) is 4.90. The summed E-state index contributed by atoms with van der Waals surface area (Å²) >= 11 is 0. The van der Waals surface area contributed by atoms with Crippen LogP contribution >= 0.6 is 0 Å². The quantitative estimate of drug-likeness (QED) is 0.759. The van der Waals surface area contributed by atoms with Gasteiger partial charge in [0.15, 0.2) is 5.78 Å². The summed E-state index contributed by atoms with van der Waals surface area (Å²) < 4.78 is 5.28. The van der Waals surface area contributed by atoms with E-state index in [2.05, 4.69) is 0 Å². The van der Waals surface area contributed by atoms with Crippen molar-refractivity contribution in [3.05, 3.63) is 11.6 Å². The monoisotopic (exact) mass is 255 g/mol. The number of nitrogens with zero attached hydrogens (tertiary/aromatic N) is 1. The molecule has 1 heterocycles. The molecule has 18 heavy (non-hydrogen) atoms. The summed E-state index contributed by atoms with van der Waals surface area (Å²) in [6.07, 6.45) is 2.48. The maximum Gasteiger partial charge on any atom is 0.410 e. The molecule has 1 fully saturated rings. The number of amides is 1. The van der Waals surface area contributed by atoms with E-state index < -0.39 is 12.2 Å². The molecule has 5 heteroatoms. The van der Waals surface area contributed by atoms with E-state index in [0.717, 1.165) is 5.57 Å². The van der Waals surface area contributed by atoms with Crippen LogP contribution in [0.25, 0.3) is 0 Å². The van der Waals surface area contributed by atoms with Gasteiger partial charge in [-0.15, -0.1) is 0 Å². The van der Waals surface area contributed by atoms with E-state index in [9.17, 15) is 9.59 Å². The number of carbonyl (C=O) groups is 2. The molecule has 0 aromatic carbocycles. The first-order valence-electron chi connectivity index (χ1n) is 6.13. The highest BCUT2D eigenvalue weighted by atomic mass is 16.6. The van der Waals surface area contributed by atoms with Crippen molar-refractivity contribution in [3.63, 3.8) is 0 Å². The Morgan fingerprint density at radius 2 is 1.89 bits per heavy atom. The Hall–Kier alpha value is -1.36. The van der Waals surface area contributed by atoms with Gasteiger partial charge in [-0.25, -0.2) is 4.79 Å². The molecule has 1 N–H and O–H groups in total. The van der Waals surface area contributed by atoms with Crippen LogP contribution in [-0.4, -0.2) is 47.2 Å². The molecular weight excluding hydrogens is 234 g/mol. The molecule has 0 unspecified atom stereocenters. The number of aliphatic hydroxyl groups is 1. The molecule has 1 amide bonds. The highest BCUT2D eigenvalue weighted by Crippen LogP contribution is 2.18. The fraction of sp³-hybridized carbons (Fsp3) is 0.692. The second kappa shape index (κ2) is 6.00. The van der Waals surface area contributed by atoms with Crippen LogP contribution < -0.4 is 0 Å². The van der Waals surface area contributed by atoms with Crippen molar-refractivity contribution in [1.29, 1.82) is 0 Å². The zero-order valence-corrected chi connectivity index (χ0v) is 11.2. The minimum atomic E-state index is -0.486. The standard InChI is InChI=1S/C13H21NO4/c1-13(2,3)18-12(17)14-6-4-10(5-7-14)8-11(16)9-15/h8,15H,4-7,9H2,1-3H3. The fourth-order valence-electron chi connectivity index (χ4n) is 1.72. The van der Waals surface area contributed by atoms with E-state index in [-0.39, 0.29) is 11.9 Å². The number of rotatable bonds is 2. The summed E-state index contributed by atoms with van der Waals surface area (Å²) in [7, 11) is 0. The lowest BCUT2D eigenvalue weighted by Gasteiger charge is -2.30. The summed E-state index contributed by atoms with van der Waals surface area (Å²) in [6.45, 7) is 6.15. The van der Waals surface area contributed by atoms with Crippen LogP contribution in [0.5, 0.6) is 0 Å². The first-order chi connectivity index (χ1) is 8.31. The number of aliphatic hydroxyl groups excluding tert-OH is 1. The topological polar surface area (TPSA) is 66.8 Å². The molecule has 0 saturated carbocycles.